The molecule has 74 valence electrons. The topological polar surface area (TPSA) is 34.9 Å². The third kappa shape index (κ3) is 1.11. The molecule has 0 saturated heterocycles. The van der Waals surface area contributed by atoms with E-state index in [4.69, 9.17) is 0 Å². The van der Waals surface area contributed by atoms with Crippen molar-refractivity contribution in [2.45, 2.75) is 31.7 Å². The molecular weight excluding hydrogens is 176 g/mol. The van der Waals surface area contributed by atoms with Crippen molar-refractivity contribution in [3.63, 3.8) is 0 Å². The van der Waals surface area contributed by atoms with Gasteiger partial charge in [-0.1, -0.05) is 6.42 Å². The first-order valence-corrected chi connectivity index (χ1v) is 5.35. The first-order valence-electron chi connectivity index (χ1n) is 5.35. The lowest BCUT2D eigenvalue weighted by Gasteiger charge is -2.22. The Balaban J connectivity index is 1.85. The molecule has 2 bridgehead atoms. The van der Waals surface area contributed by atoms with Crippen LogP contribution in [0.2, 0.25) is 0 Å². The average molecular weight is 190 g/mol. The van der Waals surface area contributed by atoms with E-state index < -0.39 is 0 Å². The fourth-order valence-corrected chi connectivity index (χ4v) is 3.17. The van der Waals surface area contributed by atoms with Gasteiger partial charge in [0.2, 0.25) is 0 Å². The average Bonchev–Trinajstić information content (AvgIpc) is 2.93. The molecule has 2 aliphatic carbocycles. The molecule has 3 atom stereocenters. The molecule has 14 heavy (non-hydrogen) atoms. The zero-order valence-electron chi connectivity index (χ0n) is 8.10. The van der Waals surface area contributed by atoms with Crippen LogP contribution in [0.3, 0.4) is 0 Å². The molecule has 2 aliphatic rings. The number of aldehydes is 1. The molecule has 0 spiro atoms. The van der Waals surface area contributed by atoms with Crippen molar-refractivity contribution in [3.05, 3.63) is 18.2 Å². The summed E-state index contributed by atoms with van der Waals surface area (Å²) in [5, 5.41) is 0. The summed E-state index contributed by atoms with van der Waals surface area (Å²) in [7, 11) is 0. The summed E-state index contributed by atoms with van der Waals surface area (Å²) >= 11 is 0. The van der Waals surface area contributed by atoms with Crippen LogP contribution in [0.4, 0.5) is 0 Å². The molecule has 0 N–H and O–H groups in total. The predicted molar refractivity (Wildman–Crippen MR) is 52.1 cm³/mol. The minimum Gasteiger partial charge on any atom is -0.333 e. The molecule has 2 fully saturated rings. The number of aromatic nitrogens is 2. The fourth-order valence-electron chi connectivity index (χ4n) is 3.17. The first kappa shape index (κ1) is 8.21. The van der Waals surface area contributed by atoms with Crippen molar-refractivity contribution in [1.29, 1.82) is 0 Å². The van der Waals surface area contributed by atoms with Gasteiger partial charge in [0.25, 0.3) is 0 Å². The quantitative estimate of drug-likeness (QED) is 0.669. The maximum Gasteiger partial charge on any atom is 0.169 e. The number of carbonyl (C=O) groups is 1. The minimum atomic E-state index is 0.563. The van der Waals surface area contributed by atoms with Gasteiger partial charge in [-0.15, -0.1) is 0 Å². The molecule has 3 rings (SSSR count). The Hall–Kier alpha value is -1.12. The van der Waals surface area contributed by atoms with Crippen LogP contribution in [0.25, 0.3) is 0 Å². The molecule has 2 saturated carbocycles. The summed E-state index contributed by atoms with van der Waals surface area (Å²) in [5.41, 5.74) is 0.563. The van der Waals surface area contributed by atoms with E-state index in [0.29, 0.717) is 11.7 Å². The van der Waals surface area contributed by atoms with E-state index in [9.17, 15) is 4.79 Å². The Labute approximate surface area is 83.1 Å². The Morgan fingerprint density at radius 3 is 2.93 bits per heavy atom. The van der Waals surface area contributed by atoms with Gasteiger partial charge in [-0.3, -0.25) is 4.79 Å². The van der Waals surface area contributed by atoms with E-state index in [0.717, 1.165) is 18.1 Å². The number of rotatable bonds is 2. The van der Waals surface area contributed by atoms with Crippen LogP contribution in [-0.4, -0.2) is 15.8 Å². The highest BCUT2D eigenvalue weighted by atomic mass is 16.1. The molecule has 2 unspecified atom stereocenters. The number of nitrogens with zero attached hydrogens (tertiary/aromatic N) is 2. The fraction of sp³-hybridized carbons (Fsp3) is 0.636. The van der Waals surface area contributed by atoms with Gasteiger partial charge in [-0.25, -0.2) is 4.98 Å². The van der Waals surface area contributed by atoms with E-state index in [1.807, 2.05) is 12.5 Å². The van der Waals surface area contributed by atoms with E-state index in [2.05, 4.69) is 9.55 Å². The lowest BCUT2D eigenvalue weighted by atomic mass is 9.95. The van der Waals surface area contributed by atoms with Crippen LogP contribution in [0.15, 0.2) is 12.5 Å². The highest BCUT2D eigenvalue weighted by Gasteiger charge is 2.40. The van der Waals surface area contributed by atoms with E-state index in [1.54, 1.807) is 0 Å². The minimum absolute atomic E-state index is 0.563. The Bertz CT molecular complexity index is 358. The number of carbonyl (C=O) groups excluding carboxylic acids is 1. The smallest absolute Gasteiger partial charge is 0.169 e. The van der Waals surface area contributed by atoms with Crippen LogP contribution >= 0.6 is 0 Å². The highest BCUT2D eigenvalue weighted by molar-refractivity contribution is 5.70. The van der Waals surface area contributed by atoms with Crippen LogP contribution in [0.5, 0.6) is 0 Å². The normalized spacial score (nSPS) is 35.0. The van der Waals surface area contributed by atoms with Crippen molar-refractivity contribution in [2.75, 3.05) is 0 Å². The zero-order chi connectivity index (χ0) is 9.54. The molecular formula is C11H14N2O. The molecule has 0 aliphatic heterocycles. The molecule has 1 heterocycles. The van der Waals surface area contributed by atoms with Gasteiger partial charge in [0.05, 0.1) is 6.33 Å². The third-order valence-electron chi connectivity index (χ3n) is 3.83. The third-order valence-corrected chi connectivity index (χ3v) is 3.83. The van der Waals surface area contributed by atoms with Gasteiger partial charge < -0.3 is 4.57 Å². The number of imidazole rings is 1. The van der Waals surface area contributed by atoms with Gasteiger partial charge >= 0.3 is 0 Å². The number of fused-ring (bicyclic) bond motifs is 2. The van der Waals surface area contributed by atoms with Crippen LogP contribution in [-0.2, 0) is 0 Å². The maximum atomic E-state index is 10.5. The summed E-state index contributed by atoms with van der Waals surface area (Å²) in [6.45, 7) is 0. The maximum absolute atomic E-state index is 10.5. The van der Waals surface area contributed by atoms with E-state index in [1.165, 1.54) is 25.7 Å². The molecule has 3 heteroatoms. The van der Waals surface area contributed by atoms with Crippen molar-refractivity contribution < 1.29 is 4.79 Å². The standard InChI is InChI=1S/C11H14N2O/c14-6-10-5-13(7-12-10)11-4-8-1-2-9(11)3-8/h5-9,11H,1-4H2/t8?,9?,11-/m1/s1. The zero-order valence-corrected chi connectivity index (χ0v) is 8.10. The molecule has 0 amide bonds. The summed E-state index contributed by atoms with van der Waals surface area (Å²) < 4.78 is 2.15. The predicted octanol–water partition coefficient (Wildman–Crippen LogP) is 2.06. The molecule has 3 nitrogen and oxygen atoms in total. The Morgan fingerprint density at radius 2 is 2.36 bits per heavy atom. The van der Waals surface area contributed by atoms with Gasteiger partial charge in [0.1, 0.15) is 5.69 Å². The molecule has 0 radical (unpaired) electrons. The monoisotopic (exact) mass is 190 g/mol. The lowest BCUT2D eigenvalue weighted by Crippen LogP contribution is -2.14. The van der Waals surface area contributed by atoms with Crippen LogP contribution in [0, 0.1) is 11.8 Å². The largest absolute Gasteiger partial charge is 0.333 e. The van der Waals surface area contributed by atoms with Crippen LogP contribution < -0.4 is 0 Å². The first-order chi connectivity index (χ1) is 6.86. The second kappa shape index (κ2) is 2.94. The van der Waals surface area contributed by atoms with Gasteiger partial charge in [0.15, 0.2) is 6.29 Å². The Morgan fingerprint density at radius 1 is 1.43 bits per heavy atom. The summed E-state index contributed by atoms with van der Waals surface area (Å²) in [4.78, 5) is 14.6. The van der Waals surface area contributed by atoms with Gasteiger partial charge in [0, 0.05) is 12.2 Å². The van der Waals surface area contributed by atoms with Crippen molar-refractivity contribution in [1.82, 2.24) is 9.55 Å². The van der Waals surface area contributed by atoms with Crippen molar-refractivity contribution in [2.24, 2.45) is 11.8 Å². The molecule has 1 aromatic heterocycles. The summed E-state index contributed by atoms with van der Waals surface area (Å²) in [6, 6.07) is 0.620. The second-order valence-electron chi connectivity index (χ2n) is 4.61. The lowest BCUT2D eigenvalue weighted by molar-refractivity contribution is 0.111. The second-order valence-corrected chi connectivity index (χ2v) is 4.61. The molecule has 1 aromatic rings. The van der Waals surface area contributed by atoms with Gasteiger partial charge in [-0.05, 0) is 31.1 Å². The highest BCUT2D eigenvalue weighted by Crippen LogP contribution is 2.50. The van der Waals surface area contributed by atoms with Crippen molar-refractivity contribution >= 4 is 6.29 Å². The number of hydrogen-bond donors (Lipinski definition) is 0. The molecule has 0 aromatic carbocycles. The van der Waals surface area contributed by atoms with E-state index in [-0.39, 0.29) is 0 Å². The summed E-state index contributed by atoms with van der Waals surface area (Å²) in [5.74, 6) is 1.78. The summed E-state index contributed by atoms with van der Waals surface area (Å²) in [6.07, 6.45) is 9.98. The van der Waals surface area contributed by atoms with E-state index >= 15 is 0 Å². The van der Waals surface area contributed by atoms with Crippen LogP contribution in [0.1, 0.15) is 42.2 Å². The SMILES string of the molecule is O=Cc1cn([C@@H]2CC3CCC2C3)cn1. The Kier molecular flexibility index (Phi) is 1.72. The number of hydrogen-bond acceptors (Lipinski definition) is 2. The van der Waals surface area contributed by atoms with Gasteiger partial charge in [-0.2, -0.15) is 0 Å². The van der Waals surface area contributed by atoms with Crippen molar-refractivity contribution in [3.8, 4) is 0 Å².